The van der Waals surface area contributed by atoms with Crippen molar-refractivity contribution < 1.29 is 4.79 Å². The number of carbonyl (C=O) groups is 1. The molecular weight excluding hydrogens is 358 g/mol. The minimum Gasteiger partial charge on any atom is -0.329 e. The van der Waals surface area contributed by atoms with Crippen molar-refractivity contribution in [3.05, 3.63) is 63.7 Å². The fourth-order valence-electron chi connectivity index (χ4n) is 3.12. The van der Waals surface area contributed by atoms with E-state index >= 15 is 0 Å². The van der Waals surface area contributed by atoms with E-state index in [1.54, 1.807) is 22.7 Å². The highest BCUT2D eigenvalue weighted by atomic mass is 16.2. The molecule has 142 valence electrons. The monoisotopic (exact) mass is 377 g/mol. The number of nitrogens with zero attached hydrogens (tertiary/aromatic N) is 6. The van der Waals surface area contributed by atoms with Crippen LogP contribution in [0.1, 0.15) is 34.8 Å². The second-order valence-corrected chi connectivity index (χ2v) is 6.54. The number of amides is 1. The van der Waals surface area contributed by atoms with E-state index in [-0.39, 0.29) is 23.8 Å². The second-order valence-electron chi connectivity index (χ2n) is 6.54. The number of fused-ring (bicyclic) bond motifs is 2. The molecule has 3 aromatic heterocycles. The molecule has 9 nitrogen and oxygen atoms in total. The van der Waals surface area contributed by atoms with Gasteiger partial charge < -0.3 is 9.88 Å². The summed E-state index contributed by atoms with van der Waals surface area (Å²) in [6.45, 7) is 6.16. The molecule has 0 spiro atoms. The van der Waals surface area contributed by atoms with Gasteiger partial charge >= 0.3 is 0 Å². The molecule has 3 heterocycles. The standard InChI is InChI=1S/C19H19N7O2/c1-4-25(10-15-21-14-8-6-5-7-13(14)17(27)22-15)18(28)16-23-19-20-11(2)9-12(3)26(19)24-16/h5-9H,4,10H2,1-3H3,(H,21,22,27). The molecule has 9 heteroatoms. The van der Waals surface area contributed by atoms with Crippen LogP contribution < -0.4 is 5.56 Å². The van der Waals surface area contributed by atoms with E-state index in [1.807, 2.05) is 32.9 Å². The first-order valence-electron chi connectivity index (χ1n) is 8.94. The number of carbonyl (C=O) groups excluding carboxylic acids is 1. The van der Waals surface area contributed by atoms with E-state index in [4.69, 9.17) is 0 Å². The van der Waals surface area contributed by atoms with E-state index in [9.17, 15) is 9.59 Å². The van der Waals surface area contributed by atoms with Crippen molar-refractivity contribution in [2.24, 2.45) is 0 Å². The predicted octanol–water partition coefficient (Wildman–Crippen LogP) is 1.64. The number of H-pyrrole nitrogens is 1. The highest BCUT2D eigenvalue weighted by Gasteiger charge is 2.21. The zero-order chi connectivity index (χ0) is 19.8. The molecule has 0 saturated carbocycles. The van der Waals surface area contributed by atoms with Crippen LogP contribution in [-0.4, -0.2) is 46.9 Å². The smallest absolute Gasteiger partial charge is 0.294 e. The predicted molar refractivity (Wildman–Crippen MR) is 103 cm³/mol. The van der Waals surface area contributed by atoms with Crippen molar-refractivity contribution in [2.45, 2.75) is 27.3 Å². The van der Waals surface area contributed by atoms with Gasteiger partial charge in [-0.15, -0.1) is 5.10 Å². The summed E-state index contributed by atoms with van der Waals surface area (Å²) in [6, 6.07) is 8.96. The van der Waals surface area contributed by atoms with Crippen molar-refractivity contribution >= 4 is 22.6 Å². The molecule has 0 bridgehead atoms. The number of hydrogen-bond acceptors (Lipinski definition) is 6. The number of benzene rings is 1. The van der Waals surface area contributed by atoms with Crippen LogP contribution in [0.3, 0.4) is 0 Å². The summed E-state index contributed by atoms with van der Waals surface area (Å²) in [4.78, 5) is 42.5. The van der Waals surface area contributed by atoms with Crippen LogP contribution in [0.25, 0.3) is 16.7 Å². The highest BCUT2D eigenvalue weighted by molar-refractivity contribution is 5.90. The maximum absolute atomic E-state index is 12.9. The van der Waals surface area contributed by atoms with E-state index in [1.165, 1.54) is 4.90 Å². The van der Waals surface area contributed by atoms with Crippen LogP contribution in [0.2, 0.25) is 0 Å². The molecule has 1 amide bonds. The second kappa shape index (κ2) is 6.84. The average Bonchev–Trinajstić information content (AvgIpc) is 3.10. The molecule has 4 rings (SSSR count). The summed E-state index contributed by atoms with van der Waals surface area (Å²) >= 11 is 0. The maximum atomic E-state index is 12.9. The lowest BCUT2D eigenvalue weighted by atomic mass is 10.2. The van der Waals surface area contributed by atoms with Crippen molar-refractivity contribution in [1.29, 1.82) is 0 Å². The van der Waals surface area contributed by atoms with Gasteiger partial charge in [-0.25, -0.2) is 14.5 Å². The Bertz CT molecular complexity index is 1260. The minimum atomic E-state index is -0.346. The number of aryl methyl sites for hydroxylation is 2. The van der Waals surface area contributed by atoms with E-state index in [2.05, 4.69) is 25.0 Å². The number of nitrogens with one attached hydrogen (secondary N) is 1. The Morgan fingerprint density at radius 2 is 1.96 bits per heavy atom. The van der Waals surface area contributed by atoms with Gasteiger partial charge in [-0.1, -0.05) is 12.1 Å². The molecule has 0 aliphatic heterocycles. The fraction of sp³-hybridized carbons (Fsp3) is 0.263. The lowest BCUT2D eigenvalue weighted by molar-refractivity contribution is 0.0736. The molecule has 0 fully saturated rings. The lowest BCUT2D eigenvalue weighted by Gasteiger charge is -2.18. The maximum Gasteiger partial charge on any atom is 0.294 e. The number of rotatable bonds is 4. The van der Waals surface area contributed by atoms with Crippen LogP contribution >= 0.6 is 0 Å². The van der Waals surface area contributed by atoms with Gasteiger partial charge in [-0.3, -0.25) is 9.59 Å². The van der Waals surface area contributed by atoms with Gasteiger partial charge in [0.2, 0.25) is 5.82 Å². The number of aromatic nitrogens is 6. The molecule has 1 aromatic carbocycles. The summed E-state index contributed by atoms with van der Waals surface area (Å²) in [5.41, 5.74) is 2.01. The number of para-hydroxylation sites is 1. The Morgan fingerprint density at radius 1 is 1.18 bits per heavy atom. The van der Waals surface area contributed by atoms with Gasteiger partial charge in [-0.2, -0.15) is 4.98 Å². The molecule has 0 radical (unpaired) electrons. The van der Waals surface area contributed by atoms with Gasteiger partial charge in [-0.05, 0) is 39.0 Å². The van der Waals surface area contributed by atoms with Gasteiger partial charge in [0, 0.05) is 17.9 Å². The van der Waals surface area contributed by atoms with Crippen LogP contribution in [0, 0.1) is 13.8 Å². The summed E-state index contributed by atoms with van der Waals surface area (Å²) < 4.78 is 1.55. The normalized spacial score (nSPS) is 11.2. The van der Waals surface area contributed by atoms with Crippen LogP contribution in [0.15, 0.2) is 35.1 Å². The van der Waals surface area contributed by atoms with E-state index in [0.717, 1.165) is 11.4 Å². The third kappa shape index (κ3) is 3.11. The van der Waals surface area contributed by atoms with Crippen molar-refractivity contribution in [2.75, 3.05) is 6.54 Å². The molecule has 0 atom stereocenters. The molecule has 4 aromatic rings. The van der Waals surface area contributed by atoms with Crippen LogP contribution in [-0.2, 0) is 6.54 Å². The van der Waals surface area contributed by atoms with Crippen molar-refractivity contribution in [3.8, 4) is 0 Å². The summed E-state index contributed by atoms with van der Waals surface area (Å²) in [6.07, 6.45) is 0. The first kappa shape index (κ1) is 17.8. The third-order valence-corrected chi connectivity index (χ3v) is 4.48. The Labute approximate surface area is 160 Å². The van der Waals surface area contributed by atoms with Gasteiger partial charge in [0.15, 0.2) is 0 Å². The van der Waals surface area contributed by atoms with Crippen molar-refractivity contribution in [3.63, 3.8) is 0 Å². The number of aromatic amines is 1. The van der Waals surface area contributed by atoms with Gasteiger partial charge in [0.1, 0.15) is 5.82 Å². The van der Waals surface area contributed by atoms with E-state index in [0.29, 0.717) is 29.0 Å². The Morgan fingerprint density at radius 3 is 2.75 bits per heavy atom. The Hall–Kier alpha value is -3.62. The third-order valence-electron chi connectivity index (χ3n) is 4.48. The first-order valence-corrected chi connectivity index (χ1v) is 8.94. The lowest BCUT2D eigenvalue weighted by Crippen LogP contribution is -2.32. The molecule has 0 unspecified atom stereocenters. The van der Waals surface area contributed by atoms with Crippen LogP contribution in [0.5, 0.6) is 0 Å². The first-order chi connectivity index (χ1) is 13.5. The quantitative estimate of drug-likeness (QED) is 0.579. The minimum absolute atomic E-state index is 0.0613. The van der Waals surface area contributed by atoms with E-state index < -0.39 is 0 Å². The highest BCUT2D eigenvalue weighted by Crippen LogP contribution is 2.10. The van der Waals surface area contributed by atoms with Crippen molar-refractivity contribution in [1.82, 2.24) is 34.4 Å². The SMILES string of the molecule is CCN(Cc1nc2ccccc2c(=O)[nH]1)C(=O)c1nc2nc(C)cc(C)n2n1. The summed E-state index contributed by atoms with van der Waals surface area (Å²) in [5, 5.41) is 4.80. The largest absolute Gasteiger partial charge is 0.329 e. The zero-order valence-electron chi connectivity index (χ0n) is 15.8. The summed E-state index contributed by atoms with van der Waals surface area (Å²) in [5.74, 6) is 0.508. The Kier molecular flexibility index (Phi) is 4.34. The molecular formula is C19H19N7O2. The van der Waals surface area contributed by atoms with Gasteiger partial charge in [0.25, 0.3) is 17.2 Å². The fourth-order valence-corrected chi connectivity index (χ4v) is 3.12. The molecule has 28 heavy (non-hydrogen) atoms. The average molecular weight is 377 g/mol. The zero-order valence-corrected chi connectivity index (χ0v) is 15.8. The van der Waals surface area contributed by atoms with Gasteiger partial charge in [0.05, 0.1) is 17.4 Å². The molecule has 0 saturated heterocycles. The Balaban J connectivity index is 1.66. The molecule has 0 aliphatic rings. The molecule has 0 aliphatic carbocycles. The summed E-state index contributed by atoms with van der Waals surface area (Å²) in [7, 11) is 0. The molecule has 1 N–H and O–H groups in total. The number of hydrogen-bond donors (Lipinski definition) is 1. The van der Waals surface area contributed by atoms with Crippen LogP contribution in [0.4, 0.5) is 0 Å². The topological polar surface area (TPSA) is 109 Å².